The van der Waals surface area contributed by atoms with Gasteiger partial charge in [0.1, 0.15) is 5.60 Å². The van der Waals surface area contributed by atoms with Crippen LogP contribution in [0.5, 0.6) is 0 Å². The summed E-state index contributed by atoms with van der Waals surface area (Å²) in [5.41, 5.74) is 5.59. The summed E-state index contributed by atoms with van der Waals surface area (Å²) in [5, 5.41) is 18.1. The lowest BCUT2D eigenvalue weighted by molar-refractivity contribution is 0.00697. The smallest absolute Gasteiger partial charge is 0.456 e. The Bertz CT molecular complexity index is 426. The van der Waals surface area contributed by atoms with Crippen molar-refractivity contribution in [1.29, 1.82) is 0 Å². The number of nitrogen functional groups attached to an aromatic ring is 1. The Labute approximate surface area is 100 Å². The van der Waals surface area contributed by atoms with Gasteiger partial charge in [0, 0.05) is 5.69 Å². The molecule has 6 heteroatoms. The molecule has 0 spiro atoms. The molecule has 0 atom stereocenters. The molecule has 17 heavy (non-hydrogen) atoms. The molecule has 1 rings (SSSR count). The zero-order valence-electron chi connectivity index (χ0n) is 10.1. The molecular formula is C11H16BNO4. The van der Waals surface area contributed by atoms with Crippen molar-refractivity contribution in [3.05, 3.63) is 23.8 Å². The standard InChI is InChI=1S/C11H16BNO4/c1-11(2,3)17-10(14)7-4-8(12(15)16)6-9(13)5-7/h4-6,15-16H,13H2,1-3H3. The molecule has 0 aromatic heterocycles. The third kappa shape index (κ3) is 4.09. The summed E-state index contributed by atoms with van der Waals surface area (Å²) in [4.78, 5) is 11.7. The van der Waals surface area contributed by atoms with Crippen LogP contribution >= 0.6 is 0 Å². The average molecular weight is 237 g/mol. The first-order chi connectivity index (χ1) is 7.69. The fourth-order valence-corrected chi connectivity index (χ4v) is 1.28. The van der Waals surface area contributed by atoms with Crippen LogP contribution in [0.15, 0.2) is 18.2 Å². The number of rotatable bonds is 2. The third-order valence-electron chi connectivity index (χ3n) is 1.91. The molecular weight excluding hydrogens is 221 g/mol. The molecule has 1 aromatic carbocycles. The Morgan fingerprint density at radius 3 is 2.35 bits per heavy atom. The number of esters is 1. The third-order valence-corrected chi connectivity index (χ3v) is 1.91. The molecule has 0 aliphatic carbocycles. The fraction of sp³-hybridized carbons (Fsp3) is 0.364. The molecule has 0 aliphatic rings. The van der Waals surface area contributed by atoms with Gasteiger partial charge in [0.25, 0.3) is 0 Å². The molecule has 4 N–H and O–H groups in total. The van der Waals surface area contributed by atoms with Crippen molar-refractivity contribution in [1.82, 2.24) is 0 Å². The van der Waals surface area contributed by atoms with Crippen LogP contribution in [-0.4, -0.2) is 28.7 Å². The van der Waals surface area contributed by atoms with Gasteiger partial charge in [0.2, 0.25) is 0 Å². The molecule has 0 radical (unpaired) electrons. The highest BCUT2D eigenvalue weighted by atomic mass is 16.6. The lowest BCUT2D eigenvalue weighted by atomic mass is 9.79. The van der Waals surface area contributed by atoms with Crippen molar-refractivity contribution >= 4 is 24.2 Å². The van der Waals surface area contributed by atoms with Crippen LogP contribution in [0.25, 0.3) is 0 Å². The number of ether oxygens (including phenoxy) is 1. The van der Waals surface area contributed by atoms with E-state index in [1.165, 1.54) is 18.2 Å². The molecule has 0 amide bonds. The zero-order valence-corrected chi connectivity index (χ0v) is 10.1. The maximum Gasteiger partial charge on any atom is 0.488 e. The van der Waals surface area contributed by atoms with Crippen molar-refractivity contribution in [2.24, 2.45) is 0 Å². The SMILES string of the molecule is CC(C)(C)OC(=O)c1cc(N)cc(B(O)O)c1. The molecule has 0 fully saturated rings. The summed E-state index contributed by atoms with van der Waals surface area (Å²) in [6, 6.07) is 4.16. The van der Waals surface area contributed by atoms with Crippen molar-refractivity contribution in [3.8, 4) is 0 Å². The largest absolute Gasteiger partial charge is 0.488 e. The molecule has 0 bridgehead atoms. The molecule has 0 saturated heterocycles. The number of carbonyl (C=O) groups excluding carboxylic acids is 1. The predicted octanol–water partition coefficient (Wildman–Crippen LogP) is -0.0961. The average Bonchev–Trinajstić information content (AvgIpc) is 2.13. The summed E-state index contributed by atoms with van der Waals surface area (Å²) in [6.45, 7) is 5.25. The van der Waals surface area contributed by atoms with Gasteiger partial charge in [0.05, 0.1) is 5.56 Å². The molecule has 5 nitrogen and oxygen atoms in total. The number of hydrogen-bond acceptors (Lipinski definition) is 5. The topological polar surface area (TPSA) is 92.8 Å². The van der Waals surface area contributed by atoms with Crippen LogP contribution in [0, 0.1) is 0 Å². The summed E-state index contributed by atoms with van der Waals surface area (Å²) in [7, 11) is -1.67. The summed E-state index contributed by atoms with van der Waals surface area (Å²) in [5.74, 6) is -0.549. The van der Waals surface area contributed by atoms with Gasteiger partial charge in [-0.25, -0.2) is 4.79 Å². The van der Waals surface area contributed by atoms with Gasteiger partial charge in [-0.05, 0) is 44.4 Å². The van der Waals surface area contributed by atoms with Crippen LogP contribution in [-0.2, 0) is 4.74 Å². The molecule has 0 unspecified atom stereocenters. The number of benzene rings is 1. The van der Waals surface area contributed by atoms with Gasteiger partial charge in [-0.15, -0.1) is 0 Å². The van der Waals surface area contributed by atoms with Gasteiger partial charge in [-0.1, -0.05) is 0 Å². The number of carbonyl (C=O) groups is 1. The van der Waals surface area contributed by atoms with E-state index in [0.29, 0.717) is 0 Å². The first-order valence-electron chi connectivity index (χ1n) is 5.19. The molecule has 0 saturated carbocycles. The van der Waals surface area contributed by atoms with Gasteiger partial charge in [-0.3, -0.25) is 0 Å². The van der Waals surface area contributed by atoms with E-state index in [1.807, 2.05) is 0 Å². The second kappa shape index (κ2) is 4.77. The van der Waals surface area contributed by atoms with Gasteiger partial charge in [0.15, 0.2) is 0 Å². The highest BCUT2D eigenvalue weighted by molar-refractivity contribution is 6.58. The minimum atomic E-state index is -1.67. The van der Waals surface area contributed by atoms with E-state index >= 15 is 0 Å². The van der Waals surface area contributed by atoms with E-state index < -0.39 is 18.7 Å². The Morgan fingerprint density at radius 2 is 1.88 bits per heavy atom. The van der Waals surface area contributed by atoms with Crippen LogP contribution in [0.1, 0.15) is 31.1 Å². The van der Waals surface area contributed by atoms with Crippen molar-refractivity contribution < 1.29 is 19.6 Å². The van der Waals surface area contributed by atoms with Crippen LogP contribution < -0.4 is 11.2 Å². The zero-order chi connectivity index (χ0) is 13.2. The number of anilines is 1. The predicted molar refractivity (Wildman–Crippen MR) is 65.8 cm³/mol. The normalized spacial score (nSPS) is 11.1. The molecule has 1 aromatic rings. The van der Waals surface area contributed by atoms with Crippen molar-refractivity contribution in [2.75, 3.05) is 5.73 Å². The number of hydrogen-bond donors (Lipinski definition) is 3. The maximum atomic E-state index is 11.7. The quantitative estimate of drug-likeness (QED) is 0.379. The minimum Gasteiger partial charge on any atom is -0.456 e. The van der Waals surface area contributed by atoms with E-state index in [2.05, 4.69) is 0 Å². The summed E-state index contributed by atoms with van der Waals surface area (Å²) >= 11 is 0. The van der Waals surface area contributed by atoms with E-state index in [4.69, 9.17) is 20.5 Å². The fourth-order valence-electron chi connectivity index (χ4n) is 1.28. The number of nitrogens with two attached hydrogens (primary N) is 1. The lowest BCUT2D eigenvalue weighted by Crippen LogP contribution is -2.31. The minimum absolute atomic E-state index is 0.158. The summed E-state index contributed by atoms with van der Waals surface area (Å²) < 4.78 is 5.16. The Balaban J connectivity index is 3.02. The second-order valence-corrected chi connectivity index (χ2v) is 4.76. The van der Waals surface area contributed by atoms with E-state index in [-0.39, 0.29) is 16.7 Å². The van der Waals surface area contributed by atoms with Crippen LogP contribution in [0.4, 0.5) is 5.69 Å². The molecule has 0 heterocycles. The maximum absolute atomic E-state index is 11.7. The Kier molecular flexibility index (Phi) is 3.80. The summed E-state index contributed by atoms with van der Waals surface area (Å²) in [6.07, 6.45) is 0. The van der Waals surface area contributed by atoms with Crippen molar-refractivity contribution in [3.63, 3.8) is 0 Å². The molecule has 92 valence electrons. The highest BCUT2D eigenvalue weighted by Crippen LogP contribution is 2.13. The van der Waals surface area contributed by atoms with E-state index in [9.17, 15) is 4.79 Å². The van der Waals surface area contributed by atoms with Gasteiger partial charge >= 0.3 is 13.1 Å². The van der Waals surface area contributed by atoms with Crippen LogP contribution in [0.2, 0.25) is 0 Å². The first-order valence-corrected chi connectivity index (χ1v) is 5.19. The van der Waals surface area contributed by atoms with Gasteiger partial charge < -0.3 is 20.5 Å². The van der Waals surface area contributed by atoms with Crippen LogP contribution in [0.3, 0.4) is 0 Å². The monoisotopic (exact) mass is 237 g/mol. The lowest BCUT2D eigenvalue weighted by Gasteiger charge is -2.19. The Morgan fingerprint density at radius 1 is 1.29 bits per heavy atom. The molecule has 0 aliphatic heterocycles. The van der Waals surface area contributed by atoms with E-state index in [1.54, 1.807) is 20.8 Å². The van der Waals surface area contributed by atoms with Crippen molar-refractivity contribution in [2.45, 2.75) is 26.4 Å². The van der Waals surface area contributed by atoms with Gasteiger partial charge in [-0.2, -0.15) is 0 Å². The first kappa shape index (κ1) is 13.5. The van der Waals surface area contributed by atoms with E-state index in [0.717, 1.165) is 0 Å². The second-order valence-electron chi connectivity index (χ2n) is 4.76. The Hall–Kier alpha value is -1.53. The highest BCUT2D eigenvalue weighted by Gasteiger charge is 2.20.